The fraction of sp³-hybridized carbons (Fsp3) is 0.364. The maximum atomic E-state index is 13.0. The standard InChI is InChI=1S/C22H22O5/c23-13-17-11-21(17,15-7-3-1-4-8-15)19(25)27-20(26)22(12-18(22)14-24)16-9-5-2-6-10-16/h1-10,17-18,23-24H,11-14H2/t17-,18-,21+,22+/m0/s1. The quantitative estimate of drug-likeness (QED) is 0.603. The smallest absolute Gasteiger partial charge is 0.324 e. The Morgan fingerprint density at radius 3 is 1.44 bits per heavy atom. The molecular weight excluding hydrogens is 344 g/mol. The molecule has 2 fully saturated rings. The summed E-state index contributed by atoms with van der Waals surface area (Å²) in [4.78, 5) is 26.0. The van der Waals surface area contributed by atoms with Crippen molar-refractivity contribution in [2.45, 2.75) is 23.7 Å². The molecule has 2 saturated carbocycles. The van der Waals surface area contributed by atoms with Gasteiger partial charge in [-0.25, -0.2) is 0 Å². The van der Waals surface area contributed by atoms with Gasteiger partial charge in [-0.05, 0) is 24.0 Å². The molecule has 0 unspecified atom stereocenters. The lowest BCUT2D eigenvalue weighted by Crippen LogP contribution is -2.34. The molecule has 2 aromatic carbocycles. The second-order valence-electron chi connectivity index (χ2n) is 7.52. The zero-order valence-electron chi connectivity index (χ0n) is 14.9. The van der Waals surface area contributed by atoms with E-state index in [-0.39, 0.29) is 25.0 Å². The number of benzene rings is 2. The minimum absolute atomic E-state index is 0.138. The van der Waals surface area contributed by atoms with Gasteiger partial charge in [-0.3, -0.25) is 9.59 Å². The first-order chi connectivity index (χ1) is 13.1. The van der Waals surface area contributed by atoms with Crippen molar-refractivity contribution in [1.82, 2.24) is 0 Å². The van der Waals surface area contributed by atoms with Gasteiger partial charge in [-0.1, -0.05) is 60.7 Å². The van der Waals surface area contributed by atoms with Gasteiger partial charge in [0, 0.05) is 25.0 Å². The minimum Gasteiger partial charge on any atom is -0.396 e. The minimum atomic E-state index is -0.965. The van der Waals surface area contributed by atoms with E-state index in [1.54, 1.807) is 0 Å². The summed E-state index contributed by atoms with van der Waals surface area (Å²) < 4.78 is 5.38. The first-order valence-electron chi connectivity index (χ1n) is 9.19. The van der Waals surface area contributed by atoms with Crippen LogP contribution in [0.25, 0.3) is 0 Å². The van der Waals surface area contributed by atoms with Gasteiger partial charge in [0.15, 0.2) is 0 Å². The second-order valence-corrected chi connectivity index (χ2v) is 7.52. The molecule has 0 aromatic heterocycles. The molecule has 0 saturated heterocycles. The summed E-state index contributed by atoms with van der Waals surface area (Å²) >= 11 is 0. The van der Waals surface area contributed by atoms with E-state index in [4.69, 9.17) is 4.74 Å². The summed E-state index contributed by atoms with van der Waals surface area (Å²) in [6.45, 7) is -0.275. The van der Waals surface area contributed by atoms with Crippen molar-refractivity contribution in [3.8, 4) is 0 Å². The molecule has 0 radical (unpaired) electrons. The summed E-state index contributed by atoms with van der Waals surface area (Å²) in [5.41, 5.74) is -0.421. The number of hydrogen-bond acceptors (Lipinski definition) is 5. The van der Waals surface area contributed by atoms with Crippen molar-refractivity contribution in [3.63, 3.8) is 0 Å². The van der Waals surface area contributed by atoms with E-state index in [1.165, 1.54) is 0 Å². The normalized spacial score (nSPS) is 31.2. The van der Waals surface area contributed by atoms with Crippen LogP contribution in [0, 0.1) is 11.8 Å². The van der Waals surface area contributed by atoms with Gasteiger partial charge >= 0.3 is 11.9 Å². The molecule has 4 atom stereocenters. The van der Waals surface area contributed by atoms with Crippen LogP contribution in [-0.4, -0.2) is 35.4 Å². The summed E-state index contributed by atoms with van der Waals surface area (Å²) in [6, 6.07) is 18.3. The average Bonchev–Trinajstić information content (AvgIpc) is 3.62. The number of hydrogen-bond donors (Lipinski definition) is 2. The highest BCUT2D eigenvalue weighted by molar-refractivity contribution is 6.00. The summed E-state index contributed by atoms with van der Waals surface area (Å²) in [7, 11) is 0. The first kappa shape index (κ1) is 17.9. The largest absolute Gasteiger partial charge is 0.396 e. The highest BCUT2D eigenvalue weighted by atomic mass is 16.6. The number of rotatable bonds is 6. The number of carbonyl (C=O) groups is 2. The van der Waals surface area contributed by atoms with Crippen LogP contribution in [0.2, 0.25) is 0 Å². The summed E-state index contributed by atoms with van der Waals surface area (Å²) in [5.74, 6) is -1.73. The van der Waals surface area contributed by atoms with Crippen molar-refractivity contribution < 1.29 is 24.5 Å². The number of aliphatic hydroxyl groups is 2. The molecule has 0 spiro atoms. The third-order valence-corrected chi connectivity index (χ3v) is 6.14. The number of carbonyl (C=O) groups excluding carboxylic acids is 2. The summed E-state index contributed by atoms with van der Waals surface area (Å²) in [6.07, 6.45) is 0.919. The molecule has 0 heterocycles. The molecular formula is C22H22O5. The van der Waals surface area contributed by atoms with Crippen molar-refractivity contribution in [2.24, 2.45) is 11.8 Å². The van der Waals surface area contributed by atoms with Gasteiger partial charge in [0.2, 0.25) is 0 Å². The fourth-order valence-corrected chi connectivity index (χ4v) is 4.28. The van der Waals surface area contributed by atoms with Crippen molar-refractivity contribution in [1.29, 1.82) is 0 Å². The number of esters is 2. The van der Waals surface area contributed by atoms with E-state index in [0.717, 1.165) is 11.1 Å². The molecule has 4 rings (SSSR count). The number of aliphatic hydroxyl groups excluding tert-OH is 2. The maximum Gasteiger partial charge on any atom is 0.324 e. The van der Waals surface area contributed by atoms with Crippen LogP contribution < -0.4 is 0 Å². The molecule has 2 aliphatic carbocycles. The SMILES string of the molecule is O=C(OC(=O)[C@@]1(c2ccccc2)C[C@H]1CO)[C@@]1(c2ccccc2)C[C@H]1CO. The van der Waals surface area contributed by atoms with Crippen LogP contribution in [-0.2, 0) is 25.2 Å². The predicted molar refractivity (Wildman–Crippen MR) is 97.7 cm³/mol. The molecule has 140 valence electrons. The van der Waals surface area contributed by atoms with Gasteiger partial charge in [0.05, 0.1) is 10.8 Å². The lowest BCUT2D eigenvalue weighted by molar-refractivity contribution is -0.164. The molecule has 2 aliphatic rings. The van der Waals surface area contributed by atoms with E-state index < -0.39 is 22.8 Å². The van der Waals surface area contributed by atoms with E-state index in [2.05, 4.69) is 0 Å². The van der Waals surface area contributed by atoms with Crippen molar-refractivity contribution in [2.75, 3.05) is 13.2 Å². The topological polar surface area (TPSA) is 83.8 Å². The number of ether oxygens (including phenoxy) is 1. The fourth-order valence-electron chi connectivity index (χ4n) is 4.28. The Morgan fingerprint density at radius 1 is 0.778 bits per heavy atom. The lowest BCUT2D eigenvalue weighted by atomic mass is 9.92. The molecule has 0 bridgehead atoms. The Morgan fingerprint density at radius 2 is 1.15 bits per heavy atom. The van der Waals surface area contributed by atoms with E-state index in [1.807, 2.05) is 60.7 Å². The molecule has 0 aliphatic heterocycles. The molecule has 5 heteroatoms. The van der Waals surface area contributed by atoms with Crippen LogP contribution in [0.5, 0.6) is 0 Å². The Hall–Kier alpha value is -2.50. The highest BCUT2D eigenvalue weighted by Gasteiger charge is 2.66. The molecule has 27 heavy (non-hydrogen) atoms. The van der Waals surface area contributed by atoms with Crippen LogP contribution in [0.3, 0.4) is 0 Å². The Balaban J connectivity index is 1.60. The molecule has 2 aromatic rings. The summed E-state index contributed by atoms with van der Waals surface area (Å²) in [5, 5.41) is 19.2. The van der Waals surface area contributed by atoms with E-state index in [9.17, 15) is 19.8 Å². The average molecular weight is 366 g/mol. The van der Waals surface area contributed by atoms with Crippen LogP contribution in [0.15, 0.2) is 60.7 Å². The third-order valence-electron chi connectivity index (χ3n) is 6.14. The van der Waals surface area contributed by atoms with Crippen molar-refractivity contribution in [3.05, 3.63) is 71.8 Å². The zero-order valence-corrected chi connectivity index (χ0v) is 14.9. The maximum absolute atomic E-state index is 13.0. The Bertz CT molecular complexity index is 778. The van der Waals surface area contributed by atoms with Gasteiger partial charge in [0.25, 0.3) is 0 Å². The van der Waals surface area contributed by atoms with E-state index >= 15 is 0 Å². The van der Waals surface area contributed by atoms with Crippen LogP contribution in [0.4, 0.5) is 0 Å². The van der Waals surface area contributed by atoms with Crippen LogP contribution in [0.1, 0.15) is 24.0 Å². The van der Waals surface area contributed by atoms with Gasteiger partial charge in [0.1, 0.15) is 0 Å². The lowest BCUT2D eigenvalue weighted by Gasteiger charge is -2.20. The van der Waals surface area contributed by atoms with Gasteiger partial charge in [-0.15, -0.1) is 0 Å². The monoisotopic (exact) mass is 366 g/mol. The van der Waals surface area contributed by atoms with Gasteiger partial charge in [-0.2, -0.15) is 0 Å². The second kappa shape index (κ2) is 6.59. The molecule has 2 N–H and O–H groups in total. The third kappa shape index (κ3) is 2.69. The highest BCUT2D eigenvalue weighted by Crippen LogP contribution is 2.57. The molecule has 0 amide bonds. The predicted octanol–water partition coefficient (Wildman–Crippen LogP) is 1.96. The van der Waals surface area contributed by atoms with E-state index in [0.29, 0.717) is 12.8 Å². The Labute approximate surface area is 157 Å². The first-order valence-corrected chi connectivity index (χ1v) is 9.19. The Kier molecular flexibility index (Phi) is 4.36. The van der Waals surface area contributed by atoms with Gasteiger partial charge < -0.3 is 14.9 Å². The van der Waals surface area contributed by atoms with Crippen molar-refractivity contribution >= 4 is 11.9 Å². The zero-order chi connectivity index (χ0) is 19.1. The molecule has 5 nitrogen and oxygen atoms in total. The van der Waals surface area contributed by atoms with Crippen LogP contribution >= 0.6 is 0 Å².